The first-order valence-electron chi connectivity index (χ1n) is 7.59. The first-order valence-corrected chi connectivity index (χ1v) is 7.59. The van der Waals surface area contributed by atoms with Gasteiger partial charge in [0.25, 0.3) is 0 Å². The zero-order valence-electron chi connectivity index (χ0n) is 12.1. The van der Waals surface area contributed by atoms with Crippen molar-refractivity contribution in [2.45, 2.75) is 38.6 Å². The van der Waals surface area contributed by atoms with Crippen molar-refractivity contribution in [3.8, 4) is 0 Å². The van der Waals surface area contributed by atoms with Crippen LogP contribution in [-0.4, -0.2) is 12.6 Å². The molecule has 0 amide bonds. The lowest BCUT2D eigenvalue weighted by Crippen LogP contribution is -2.27. The normalized spacial score (nSPS) is 16.2. The van der Waals surface area contributed by atoms with E-state index in [4.69, 9.17) is 4.42 Å². The van der Waals surface area contributed by atoms with Crippen molar-refractivity contribution in [2.24, 2.45) is 5.92 Å². The highest BCUT2D eigenvalue weighted by atomic mass is 16.3. The first-order chi connectivity index (χ1) is 9.79. The molecule has 0 bridgehead atoms. The Balaban J connectivity index is 1.61. The van der Waals surface area contributed by atoms with Gasteiger partial charge in [0.1, 0.15) is 0 Å². The molecule has 2 aromatic rings. The van der Waals surface area contributed by atoms with Gasteiger partial charge in [0.15, 0.2) is 0 Å². The maximum atomic E-state index is 5.20. The van der Waals surface area contributed by atoms with Crippen molar-refractivity contribution in [1.29, 1.82) is 0 Å². The monoisotopic (exact) mass is 269 g/mol. The second kappa shape index (κ2) is 6.27. The van der Waals surface area contributed by atoms with E-state index in [0.29, 0.717) is 5.92 Å². The Morgan fingerprint density at radius 3 is 2.50 bits per heavy atom. The Hall–Kier alpha value is -1.54. The molecule has 1 atom stereocenters. The highest BCUT2D eigenvalue weighted by Crippen LogP contribution is 2.21. The summed E-state index contributed by atoms with van der Waals surface area (Å²) in [7, 11) is 0. The molecule has 1 aromatic heterocycles. The number of benzene rings is 1. The number of nitrogens with one attached hydrogen (secondary N) is 1. The first kappa shape index (κ1) is 13.4. The minimum absolute atomic E-state index is 0.635. The number of aryl methyl sites for hydroxylation is 1. The second-order valence-electron chi connectivity index (χ2n) is 6.07. The summed E-state index contributed by atoms with van der Waals surface area (Å²) in [6.07, 6.45) is 8.56. The number of hydrogen-bond acceptors (Lipinski definition) is 2. The van der Waals surface area contributed by atoms with Gasteiger partial charge in [-0.3, -0.25) is 0 Å². The third-order valence-corrected chi connectivity index (χ3v) is 4.02. The number of rotatable bonds is 7. The van der Waals surface area contributed by atoms with Crippen LogP contribution in [-0.2, 0) is 12.8 Å². The SMILES string of the molecule is Cc1ccc(CC(CNC2CC2)Cc2ccoc2)cc1. The summed E-state index contributed by atoms with van der Waals surface area (Å²) < 4.78 is 5.20. The molecule has 1 aliphatic rings. The molecule has 1 aliphatic carbocycles. The van der Waals surface area contributed by atoms with Crippen molar-refractivity contribution in [2.75, 3.05) is 6.54 Å². The van der Waals surface area contributed by atoms with Crippen LogP contribution in [0.5, 0.6) is 0 Å². The summed E-state index contributed by atoms with van der Waals surface area (Å²) in [5.41, 5.74) is 4.07. The molecule has 1 fully saturated rings. The topological polar surface area (TPSA) is 25.2 Å². The summed E-state index contributed by atoms with van der Waals surface area (Å²) in [6.45, 7) is 3.24. The maximum absolute atomic E-state index is 5.20. The van der Waals surface area contributed by atoms with Crippen LogP contribution in [0.25, 0.3) is 0 Å². The van der Waals surface area contributed by atoms with E-state index >= 15 is 0 Å². The molecule has 2 nitrogen and oxygen atoms in total. The highest BCUT2D eigenvalue weighted by molar-refractivity contribution is 5.22. The van der Waals surface area contributed by atoms with Crippen molar-refractivity contribution in [1.82, 2.24) is 5.32 Å². The van der Waals surface area contributed by atoms with E-state index in [1.807, 2.05) is 6.26 Å². The van der Waals surface area contributed by atoms with Gasteiger partial charge >= 0.3 is 0 Å². The summed E-state index contributed by atoms with van der Waals surface area (Å²) >= 11 is 0. The van der Waals surface area contributed by atoms with Gasteiger partial charge in [-0.05, 0) is 62.3 Å². The van der Waals surface area contributed by atoms with Gasteiger partial charge in [0, 0.05) is 6.04 Å². The van der Waals surface area contributed by atoms with E-state index in [9.17, 15) is 0 Å². The van der Waals surface area contributed by atoms with Crippen molar-refractivity contribution in [3.05, 3.63) is 59.5 Å². The molecule has 0 saturated heterocycles. The van der Waals surface area contributed by atoms with Crippen LogP contribution in [0.15, 0.2) is 47.3 Å². The molecule has 0 radical (unpaired) electrons. The molecule has 1 aromatic carbocycles. The fourth-order valence-corrected chi connectivity index (χ4v) is 2.64. The molecule has 106 valence electrons. The molecule has 1 unspecified atom stereocenters. The van der Waals surface area contributed by atoms with Gasteiger partial charge in [0.05, 0.1) is 12.5 Å². The Bertz CT molecular complexity index is 511. The summed E-state index contributed by atoms with van der Waals surface area (Å²) in [4.78, 5) is 0. The predicted molar refractivity (Wildman–Crippen MR) is 81.8 cm³/mol. The minimum Gasteiger partial charge on any atom is -0.472 e. The lowest BCUT2D eigenvalue weighted by Gasteiger charge is -2.17. The quantitative estimate of drug-likeness (QED) is 0.828. The van der Waals surface area contributed by atoms with Crippen molar-refractivity contribution in [3.63, 3.8) is 0 Å². The smallest absolute Gasteiger partial charge is 0.0934 e. The van der Waals surface area contributed by atoms with Crippen molar-refractivity contribution < 1.29 is 4.42 Å². The average Bonchev–Trinajstić information content (AvgIpc) is 3.15. The molecule has 1 heterocycles. The molecule has 3 rings (SSSR count). The zero-order valence-corrected chi connectivity index (χ0v) is 12.1. The molecule has 1 N–H and O–H groups in total. The van der Waals surface area contributed by atoms with E-state index in [-0.39, 0.29) is 0 Å². The Kier molecular flexibility index (Phi) is 4.22. The summed E-state index contributed by atoms with van der Waals surface area (Å²) in [5.74, 6) is 0.635. The Labute approximate surface area is 121 Å². The van der Waals surface area contributed by atoms with Gasteiger partial charge < -0.3 is 9.73 Å². The Morgan fingerprint density at radius 2 is 1.85 bits per heavy atom. The number of hydrogen-bond donors (Lipinski definition) is 1. The molecular formula is C18H23NO. The molecular weight excluding hydrogens is 246 g/mol. The lowest BCUT2D eigenvalue weighted by molar-refractivity contribution is 0.465. The molecule has 2 heteroatoms. The van der Waals surface area contributed by atoms with Gasteiger partial charge in [-0.15, -0.1) is 0 Å². The number of furan rings is 1. The van der Waals surface area contributed by atoms with Crippen LogP contribution in [0.3, 0.4) is 0 Å². The van der Waals surface area contributed by atoms with E-state index < -0.39 is 0 Å². The average molecular weight is 269 g/mol. The van der Waals surface area contributed by atoms with E-state index in [0.717, 1.165) is 25.4 Å². The molecule has 0 spiro atoms. The second-order valence-corrected chi connectivity index (χ2v) is 6.07. The minimum atomic E-state index is 0.635. The highest BCUT2D eigenvalue weighted by Gasteiger charge is 2.22. The summed E-state index contributed by atoms with van der Waals surface area (Å²) in [6, 6.07) is 11.8. The summed E-state index contributed by atoms with van der Waals surface area (Å²) in [5, 5.41) is 3.67. The maximum Gasteiger partial charge on any atom is 0.0934 e. The van der Waals surface area contributed by atoms with Crippen LogP contribution in [0.1, 0.15) is 29.5 Å². The molecule has 0 aliphatic heterocycles. The van der Waals surface area contributed by atoms with E-state index in [1.165, 1.54) is 29.5 Å². The fraction of sp³-hybridized carbons (Fsp3) is 0.444. The molecule has 1 saturated carbocycles. The van der Waals surface area contributed by atoms with E-state index in [2.05, 4.69) is 42.6 Å². The van der Waals surface area contributed by atoms with Crippen LogP contribution in [0.4, 0.5) is 0 Å². The van der Waals surface area contributed by atoms with Gasteiger partial charge in [-0.1, -0.05) is 29.8 Å². The van der Waals surface area contributed by atoms with Gasteiger partial charge in [-0.25, -0.2) is 0 Å². The third kappa shape index (κ3) is 3.97. The lowest BCUT2D eigenvalue weighted by atomic mass is 9.93. The van der Waals surface area contributed by atoms with Crippen LogP contribution >= 0.6 is 0 Å². The van der Waals surface area contributed by atoms with Gasteiger partial charge in [-0.2, -0.15) is 0 Å². The predicted octanol–water partition coefficient (Wildman–Crippen LogP) is 3.74. The van der Waals surface area contributed by atoms with E-state index in [1.54, 1.807) is 6.26 Å². The Morgan fingerprint density at radius 1 is 1.10 bits per heavy atom. The fourth-order valence-electron chi connectivity index (χ4n) is 2.64. The largest absolute Gasteiger partial charge is 0.472 e. The molecule has 20 heavy (non-hydrogen) atoms. The third-order valence-electron chi connectivity index (χ3n) is 4.02. The van der Waals surface area contributed by atoms with Crippen LogP contribution in [0, 0.1) is 12.8 Å². The standard InChI is InChI=1S/C18H23NO/c1-14-2-4-15(5-3-14)10-17(12-19-18-6-7-18)11-16-8-9-20-13-16/h2-5,8-9,13,17-19H,6-7,10-12H2,1H3. The van der Waals surface area contributed by atoms with Crippen LogP contribution < -0.4 is 5.32 Å². The zero-order chi connectivity index (χ0) is 13.8. The van der Waals surface area contributed by atoms with Crippen molar-refractivity contribution >= 4 is 0 Å². The van der Waals surface area contributed by atoms with Gasteiger partial charge in [0.2, 0.25) is 0 Å². The van der Waals surface area contributed by atoms with Crippen LogP contribution in [0.2, 0.25) is 0 Å².